The summed E-state index contributed by atoms with van der Waals surface area (Å²) in [4.78, 5) is 8.87. The maximum Gasteiger partial charge on any atom is 0.416 e. The third-order valence-corrected chi connectivity index (χ3v) is 6.94. The van der Waals surface area contributed by atoms with Crippen LogP contribution in [0.15, 0.2) is 70.1 Å². The Balaban J connectivity index is 1.39. The Labute approximate surface area is 207 Å². The van der Waals surface area contributed by atoms with Gasteiger partial charge in [-0.3, -0.25) is 0 Å². The molecule has 0 unspecified atom stereocenters. The molecule has 9 nitrogen and oxygen atoms in total. The van der Waals surface area contributed by atoms with Crippen molar-refractivity contribution >= 4 is 15.7 Å². The summed E-state index contributed by atoms with van der Waals surface area (Å²) < 4.78 is 69.3. The molecule has 1 aliphatic rings. The molecule has 2 N–H and O–H groups in total. The van der Waals surface area contributed by atoms with Crippen molar-refractivity contribution in [1.29, 1.82) is 0 Å². The molecule has 37 heavy (non-hydrogen) atoms. The fourth-order valence-corrected chi connectivity index (χ4v) is 4.57. The van der Waals surface area contributed by atoms with Crippen molar-refractivity contribution in [3.8, 4) is 34.2 Å². The maximum atomic E-state index is 13.0. The van der Waals surface area contributed by atoms with Crippen molar-refractivity contribution in [2.45, 2.75) is 29.8 Å². The van der Waals surface area contributed by atoms with Crippen LogP contribution in [0, 0.1) is 0 Å². The van der Waals surface area contributed by atoms with Crippen molar-refractivity contribution in [2.24, 2.45) is 5.14 Å². The average Bonchev–Trinajstić information content (AvgIpc) is 3.42. The molecule has 1 saturated carbocycles. The van der Waals surface area contributed by atoms with Crippen molar-refractivity contribution in [3.63, 3.8) is 0 Å². The minimum absolute atomic E-state index is 0.0850. The van der Waals surface area contributed by atoms with Gasteiger partial charge in [0.15, 0.2) is 11.3 Å². The largest absolute Gasteiger partial charge is 0.416 e. The van der Waals surface area contributed by atoms with Gasteiger partial charge in [-0.05, 0) is 43.2 Å². The van der Waals surface area contributed by atoms with Gasteiger partial charge in [0, 0.05) is 28.8 Å². The topological polar surface area (TPSA) is 129 Å². The summed E-state index contributed by atoms with van der Waals surface area (Å²) in [6, 6.07) is 14.2. The quantitative estimate of drug-likeness (QED) is 0.353. The molecule has 0 spiro atoms. The Bertz CT molecular complexity index is 1760. The highest BCUT2D eigenvalue weighted by Gasteiger charge is 2.31. The standard InChI is InChI=1S/C24H17F3N6O3S/c25-24(26,27)16-8-6-13(7-9-16)18-11-20(14-4-5-14)33-21(29-18)12-19(31-33)23-30-22(32-36-23)15-2-1-3-17(10-15)37(28,34)35/h1-3,6-12,14H,4-5H2,(H2,28,34,35). The molecule has 5 aromatic rings. The van der Waals surface area contributed by atoms with Crippen LogP contribution in [0.4, 0.5) is 13.2 Å². The average molecular weight is 527 g/mol. The van der Waals surface area contributed by atoms with Gasteiger partial charge in [-0.25, -0.2) is 23.1 Å². The number of hydrogen-bond acceptors (Lipinski definition) is 7. The number of benzene rings is 2. The molecule has 3 aromatic heterocycles. The van der Waals surface area contributed by atoms with Gasteiger partial charge in [-0.1, -0.05) is 29.4 Å². The third-order valence-electron chi connectivity index (χ3n) is 6.02. The van der Waals surface area contributed by atoms with Crippen LogP contribution in [0.1, 0.15) is 30.0 Å². The van der Waals surface area contributed by atoms with Gasteiger partial charge in [-0.2, -0.15) is 23.3 Å². The van der Waals surface area contributed by atoms with E-state index in [1.807, 2.05) is 6.07 Å². The smallest absolute Gasteiger partial charge is 0.332 e. The highest BCUT2D eigenvalue weighted by atomic mass is 32.2. The zero-order valence-corrected chi connectivity index (χ0v) is 19.7. The molecule has 3 heterocycles. The minimum Gasteiger partial charge on any atom is -0.332 e. The van der Waals surface area contributed by atoms with Crippen molar-refractivity contribution in [3.05, 3.63) is 71.9 Å². The summed E-state index contributed by atoms with van der Waals surface area (Å²) in [6.45, 7) is 0. The molecule has 1 aliphatic carbocycles. The van der Waals surface area contributed by atoms with Crippen LogP contribution in [-0.4, -0.2) is 33.2 Å². The lowest BCUT2D eigenvalue weighted by atomic mass is 10.1. The lowest BCUT2D eigenvalue weighted by molar-refractivity contribution is -0.137. The molecule has 0 bridgehead atoms. The van der Waals surface area contributed by atoms with E-state index in [0.717, 1.165) is 30.7 Å². The number of aromatic nitrogens is 5. The zero-order valence-electron chi connectivity index (χ0n) is 18.8. The Morgan fingerprint density at radius 3 is 2.38 bits per heavy atom. The highest BCUT2D eigenvalue weighted by Crippen LogP contribution is 2.41. The molecule has 0 radical (unpaired) electrons. The van der Waals surface area contributed by atoms with E-state index in [-0.39, 0.29) is 22.5 Å². The molecule has 1 fully saturated rings. The maximum absolute atomic E-state index is 13.0. The van der Waals surface area contributed by atoms with Crippen LogP contribution >= 0.6 is 0 Å². The van der Waals surface area contributed by atoms with Crippen LogP contribution in [0.5, 0.6) is 0 Å². The van der Waals surface area contributed by atoms with Crippen LogP contribution < -0.4 is 5.14 Å². The van der Waals surface area contributed by atoms with E-state index in [1.165, 1.54) is 30.3 Å². The molecule has 13 heteroatoms. The van der Waals surface area contributed by atoms with Gasteiger partial charge in [-0.15, -0.1) is 0 Å². The van der Waals surface area contributed by atoms with Gasteiger partial charge in [0.2, 0.25) is 15.8 Å². The van der Waals surface area contributed by atoms with E-state index >= 15 is 0 Å². The van der Waals surface area contributed by atoms with Crippen LogP contribution in [0.25, 0.3) is 39.9 Å². The molecule has 0 aliphatic heterocycles. The number of primary sulfonamides is 1. The lowest BCUT2D eigenvalue weighted by Crippen LogP contribution is -2.11. The number of halogens is 3. The molecular weight excluding hydrogens is 509 g/mol. The van der Waals surface area contributed by atoms with Gasteiger partial charge in [0.1, 0.15) is 0 Å². The zero-order chi connectivity index (χ0) is 25.9. The monoisotopic (exact) mass is 526 g/mol. The molecule has 6 rings (SSSR count). The Kier molecular flexibility index (Phi) is 5.17. The first-order valence-corrected chi connectivity index (χ1v) is 12.7. The predicted molar refractivity (Wildman–Crippen MR) is 126 cm³/mol. The molecular formula is C24H17F3N6O3S. The number of sulfonamides is 1. The lowest BCUT2D eigenvalue weighted by Gasteiger charge is -2.09. The van der Waals surface area contributed by atoms with Crippen LogP contribution in [-0.2, 0) is 16.2 Å². The second-order valence-corrected chi connectivity index (χ2v) is 10.3. The van der Waals surface area contributed by atoms with Crippen LogP contribution in [0.3, 0.4) is 0 Å². The van der Waals surface area contributed by atoms with E-state index in [9.17, 15) is 21.6 Å². The number of hydrogen-bond donors (Lipinski definition) is 1. The van der Waals surface area contributed by atoms with E-state index in [4.69, 9.17) is 9.66 Å². The number of fused-ring (bicyclic) bond motifs is 1. The summed E-state index contributed by atoms with van der Waals surface area (Å²) in [5, 5.41) is 13.7. The van der Waals surface area contributed by atoms with E-state index in [0.29, 0.717) is 28.2 Å². The summed E-state index contributed by atoms with van der Waals surface area (Å²) in [5.74, 6) is 0.503. The van der Waals surface area contributed by atoms with Crippen molar-refractivity contribution < 1.29 is 26.1 Å². The second-order valence-electron chi connectivity index (χ2n) is 8.71. The summed E-state index contributed by atoms with van der Waals surface area (Å²) in [7, 11) is -3.91. The fourth-order valence-electron chi connectivity index (χ4n) is 4.01. The molecule has 188 valence electrons. The van der Waals surface area contributed by atoms with Gasteiger partial charge >= 0.3 is 6.18 Å². The minimum atomic E-state index is -4.42. The van der Waals surface area contributed by atoms with E-state index in [2.05, 4.69) is 20.2 Å². The number of rotatable bonds is 5. The Hall–Kier alpha value is -4.10. The van der Waals surface area contributed by atoms with E-state index < -0.39 is 21.8 Å². The first kappa shape index (κ1) is 23.3. The summed E-state index contributed by atoms with van der Waals surface area (Å²) in [5.41, 5.74) is 2.45. The molecule has 0 saturated heterocycles. The first-order chi connectivity index (χ1) is 17.6. The molecule has 0 atom stereocenters. The summed E-state index contributed by atoms with van der Waals surface area (Å²) in [6.07, 6.45) is -2.49. The Morgan fingerprint density at radius 2 is 1.70 bits per heavy atom. The van der Waals surface area contributed by atoms with Gasteiger partial charge in [0.25, 0.3) is 5.89 Å². The van der Waals surface area contributed by atoms with E-state index in [1.54, 1.807) is 16.6 Å². The SMILES string of the molecule is NS(=O)(=O)c1cccc(-c2noc(-c3cc4nc(-c5ccc(C(F)(F)F)cc5)cc(C5CC5)n4n3)n2)c1. The second kappa shape index (κ2) is 8.21. The Morgan fingerprint density at radius 1 is 0.946 bits per heavy atom. The van der Waals surface area contributed by atoms with Crippen LogP contribution in [0.2, 0.25) is 0 Å². The normalized spacial score (nSPS) is 14.4. The van der Waals surface area contributed by atoms with Gasteiger partial charge < -0.3 is 4.52 Å². The van der Waals surface area contributed by atoms with Crippen molar-refractivity contribution in [1.82, 2.24) is 24.7 Å². The predicted octanol–water partition coefficient (Wildman–Crippen LogP) is 4.66. The fraction of sp³-hybridized carbons (Fsp3) is 0.167. The number of alkyl halides is 3. The molecule has 2 aromatic carbocycles. The third kappa shape index (κ3) is 4.47. The van der Waals surface area contributed by atoms with Gasteiger partial charge in [0.05, 0.1) is 16.2 Å². The first-order valence-electron chi connectivity index (χ1n) is 11.1. The van der Waals surface area contributed by atoms with Crippen molar-refractivity contribution in [2.75, 3.05) is 0 Å². The molecule has 0 amide bonds. The number of nitrogens with two attached hydrogens (primary N) is 1. The number of nitrogens with zero attached hydrogens (tertiary/aromatic N) is 5. The highest BCUT2D eigenvalue weighted by molar-refractivity contribution is 7.89. The summed E-state index contributed by atoms with van der Waals surface area (Å²) >= 11 is 0.